The molecule has 4 rings (SSSR count). The lowest BCUT2D eigenvalue weighted by atomic mass is 10.1. The van der Waals surface area contributed by atoms with Gasteiger partial charge in [0.15, 0.2) is 0 Å². The molecule has 1 spiro atoms. The summed E-state index contributed by atoms with van der Waals surface area (Å²) in [6.07, 6.45) is 5.38. The predicted octanol–water partition coefficient (Wildman–Crippen LogP) is 1.66. The van der Waals surface area contributed by atoms with Crippen LogP contribution in [0.3, 0.4) is 0 Å². The van der Waals surface area contributed by atoms with Crippen molar-refractivity contribution in [1.29, 1.82) is 0 Å². The van der Waals surface area contributed by atoms with Crippen LogP contribution in [0.4, 0.5) is 23.1 Å². The van der Waals surface area contributed by atoms with E-state index in [2.05, 4.69) is 15.3 Å². The van der Waals surface area contributed by atoms with Crippen LogP contribution >= 0.6 is 0 Å². The van der Waals surface area contributed by atoms with Gasteiger partial charge < -0.3 is 11.1 Å². The van der Waals surface area contributed by atoms with E-state index in [1.54, 1.807) is 16.6 Å². The summed E-state index contributed by atoms with van der Waals surface area (Å²) >= 11 is 0. The molecular weight excluding hydrogens is 314 g/mol. The fourth-order valence-electron chi connectivity index (χ4n) is 3.36. The molecule has 2 heterocycles. The fourth-order valence-corrected chi connectivity index (χ4v) is 4.86. The van der Waals surface area contributed by atoms with Crippen molar-refractivity contribution in [3.8, 4) is 0 Å². The van der Waals surface area contributed by atoms with Crippen LogP contribution in [0.2, 0.25) is 0 Å². The van der Waals surface area contributed by atoms with Crippen LogP contribution in [0.25, 0.3) is 0 Å². The highest BCUT2D eigenvalue weighted by atomic mass is 32.2. The van der Waals surface area contributed by atoms with Gasteiger partial charge in [-0.15, -0.1) is 0 Å². The summed E-state index contributed by atoms with van der Waals surface area (Å²) in [4.78, 5) is 7.98. The molecule has 23 heavy (non-hydrogen) atoms. The van der Waals surface area contributed by atoms with E-state index in [9.17, 15) is 8.42 Å². The number of hydrogen-bond donors (Lipinski definition) is 2. The minimum absolute atomic E-state index is 0.168. The number of fused-ring (bicyclic) bond motifs is 1. The molecule has 0 radical (unpaired) electrons. The minimum Gasteiger partial charge on any atom is -0.368 e. The van der Waals surface area contributed by atoms with Crippen molar-refractivity contribution in [2.75, 3.05) is 21.6 Å². The van der Waals surface area contributed by atoms with Gasteiger partial charge in [-0.05, 0) is 37.0 Å². The van der Waals surface area contributed by atoms with Gasteiger partial charge in [-0.1, -0.05) is 12.1 Å². The second-order valence-corrected chi connectivity index (χ2v) is 8.00. The average Bonchev–Trinajstić information content (AvgIpc) is 3.10. The standard InChI is InChI=1S/C15H17N5O2S/c1-23(21,22)20-13-10(9-15(20)6-7-15)3-2-4-11(13)18-12-5-8-17-14(16)19-12/h2-5,8H,6-7,9H2,1H3,(H3,16,17,18,19). The monoisotopic (exact) mass is 331 g/mol. The van der Waals surface area contributed by atoms with E-state index in [0.717, 1.165) is 36.2 Å². The van der Waals surface area contributed by atoms with E-state index in [-0.39, 0.29) is 11.5 Å². The Morgan fingerprint density at radius 1 is 1.30 bits per heavy atom. The van der Waals surface area contributed by atoms with E-state index in [1.807, 2.05) is 18.2 Å². The highest BCUT2D eigenvalue weighted by Gasteiger charge is 2.57. The predicted molar refractivity (Wildman–Crippen MR) is 89.2 cm³/mol. The second-order valence-electron chi connectivity index (χ2n) is 6.17. The maximum atomic E-state index is 12.4. The minimum atomic E-state index is -3.35. The molecule has 8 heteroatoms. The Kier molecular flexibility index (Phi) is 2.84. The Balaban J connectivity index is 1.81. The zero-order valence-electron chi connectivity index (χ0n) is 12.7. The zero-order valence-corrected chi connectivity index (χ0v) is 13.5. The summed E-state index contributed by atoms with van der Waals surface area (Å²) < 4.78 is 26.3. The molecule has 0 unspecified atom stereocenters. The number of rotatable bonds is 3. The molecule has 1 saturated carbocycles. The number of nitrogens with zero attached hydrogens (tertiary/aromatic N) is 3. The Bertz CT molecular complexity index is 892. The molecule has 0 amide bonds. The van der Waals surface area contributed by atoms with Crippen LogP contribution in [0.15, 0.2) is 30.5 Å². The molecule has 1 aromatic heterocycles. The van der Waals surface area contributed by atoms with Gasteiger partial charge in [-0.2, -0.15) is 4.98 Å². The molecule has 1 aromatic carbocycles. The van der Waals surface area contributed by atoms with Crippen LogP contribution in [0.5, 0.6) is 0 Å². The van der Waals surface area contributed by atoms with Crippen LogP contribution in [0, 0.1) is 0 Å². The molecule has 0 atom stereocenters. The van der Waals surface area contributed by atoms with Gasteiger partial charge >= 0.3 is 0 Å². The van der Waals surface area contributed by atoms with E-state index in [4.69, 9.17) is 5.73 Å². The Hall–Kier alpha value is -2.35. The molecule has 1 aliphatic heterocycles. The summed E-state index contributed by atoms with van der Waals surface area (Å²) in [5.41, 5.74) is 7.83. The fraction of sp³-hybridized carbons (Fsp3) is 0.333. The van der Waals surface area contributed by atoms with Crippen molar-refractivity contribution >= 4 is 33.2 Å². The first-order chi connectivity index (χ1) is 10.9. The molecule has 3 N–H and O–H groups in total. The highest BCUT2D eigenvalue weighted by Crippen LogP contribution is 2.56. The smallest absolute Gasteiger partial charge is 0.232 e. The van der Waals surface area contributed by atoms with Crippen molar-refractivity contribution in [2.24, 2.45) is 0 Å². The summed E-state index contributed by atoms with van der Waals surface area (Å²) in [6, 6.07) is 7.47. The third kappa shape index (κ3) is 2.29. The maximum Gasteiger partial charge on any atom is 0.232 e. The van der Waals surface area contributed by atoms with E-state index >= 15 is 0 Å². The molecule has 0 bridgehead atoms. The Morgan fingerprint density at radius 3 is 2.74 bits per heavy atom. The second kappa shape index (κ2) is 4.58. The lowest BCUT2D eigenvalue weighted by molar-refractivity contribution is 0.583. The van der Waals surface area contributed by atoms with Crippen molar-refractivity contribution in [2.45, 2.75) is 24.8 Å². The number of benzene rings is 1. The summed E-state index contributed by atoms with van der Waals surface area (Å²) in [5, 5.41) is 3.18. The van der Waals surface area contributed by atoms with Gasteiger partial charge in [0.05, 0.1) is 23.2 Å². The normalized spacial score (nSPS) is 18.0. The van der Waals surface area contributed by atoms with Crippen molar-refractivity contribution < 1.29 is 8.42 Å². The Morgan fingerprint density at radius 2 is 2.09 bits per heavy atom. The van der Waals surface area contributed by atoms with Crippen LogP contribution < -0.4 is 15.4 Å². The lowest BCUT2D eigenvalue weighted by Gasteiger charge is -2.26. The van der Waals surface area contributed by atoms with Gasteiger partial charge in [0.25, 0.3) is 0 Å². The number of nitrogens with one attached hydrogen (secondary N) is 1. The number of anilines is 4. The quantitative estimate of drug-likeness (QED) is 0.887. The largest absolute Gasteiger partial charge is 0.368 e. The summed E-state index contributed by atoms with van der Waals surface area (Å²) in [5.74, 6) is 0.706. The number of sulfonamides is 1. The van der Waals surface area contributed by atoms with Crippen LogP contribution in [-0.4, -0.2) is 30.2 Å². The van der Waals surface area contributed by atoms with Crippen molar-refractivity contribution in [3.05, 3.63) is 36.0 Å². The average molecular weight is 331 g/mol. The number of hydrogen-bond acceptors (Lipinski definition) is 6. The van der Waals surface area contributed by atoms with Crippen molar-refractivity contribution in [1.82, 2.24) is 9.97 Å². The number of aromatic nitrogens is 2. The number of para-hydroxylation sites is 1. The molecule has 7 nitrogen and oxygen atoms in total. The van der Waals surface area contributed by atoms with Crippen LogP contribution in [-0.2, 0) is 16.4 Å². The summed E-state index contributed by atoms with van der Waals surface area (Å²) in [6.45, 7) is 0. The molecule has 1 aliphatic carbocycles. The van der Waals surface area contributed by atoms with E-state index < -0.39 is 10.0 Å². The lowest BCUT2D eigenvalue weighted by Crippen LogP contribution is -2.39. The SMILES string of the molecule is CS(=O)(=O)N1c2c(cccc2Nc2ccnc(N)n2)CC12CC2. The topological polar surface area (TPSA) is 101 Å². The first-order valence-corrected chi connectivity index (χ1v) is 9.22. The summed E-state index contributed by atoms with van der Waals surface area (Å²) in [7, 11) is -3.35. The van der Waals surface area contributed by atoms with Gasteiger partial charge in [0.2, 0.25) is 16.0 Å². The molecular formula is C15H17N5O2S. The van der Waals surface area contributed by atoms with E-state index in [1.165, 1.54) is 6.26 Å². The van der Waals surface area contributed by atoms with Gasteiger partial charge in [-0.3, -0.25) is 4.31 Å². The number of nitrogens with two attached hydrogens (primary N) is 1. The van der Waals surface area contributed by atoms with Gasteiger partial charge in [0, 0.05) is 6.20 Å². The van der Waals surface area contributed by atoms with E-state index in [0.29, 0.717) is 5.82 Å². The molecule has 0 saturated heterocycles. The third-order valence-electron chi connectivity index (χ3n) is 4.37. The molecule has 2 aromatic rings. The molecule has 120 valence electrons. The molecule has 1 fully saturated rings. The van der Waals surface area contributed by atoms with Crippen LogP contribution in [0.1, 0.15) is 18.4 Å². The van der Waals surface area contributed by atoms with Gasteiger partial charge in [-0.25, -0.2) is 13.4 Å². The number of nitrogen functional groups attached to an aromatic ring is 1. The first kappa shape index (κ1) is 14.3. The third-order valence-corrected chi connectivity index (χ3v) is 5.60. The first-order valence-electron chi connectivity index (χ1n) is 7.37. The Labute approximate surface area is 134 Å². The molecule has 2 aliphatic rings. The van der Waals surface area contributed by atoms with Crippen molar-refractivity contribution in [3.63, 3.8) is 0 Å². The van der Waals surface area contributed by atoms with Gasteiger partial charge in [0.1, 0.15) is 5.82 Å². The zero-order chi connectivity index (χ0) is 16.2. The maximum absolute atomic E-state index is 12.4. The highest BCUT2D eigenvalue weighted by molar-refractivity contribution is 7.92.